The molecule has 0 aliphatic rings. The first-order valence-corrected chi connectivity index (χ1v) is 7.31. The maximum absolute atomic E-state index is 5.90. The van der Waals surface area contributed by atoms with Crippen molar-refractivity contribution in [1.82, 2.24) is 0 Å². The molecule has 0 aliphatic heterocycles. The average Bonchev–Trinajstić information content (AvgIpc) is 3.03. The number of hydrogen-bond acceptors (Lipinski definition) is 2. The zero-order valence-electron chi connectivity index (χ0n) is 12.1. The second kappa shape index (κ2) is 6.54. The van der Waals surface area contributed by atoms with E-state index in [1.54, 1.807) is 7.11 Å². The van der Waals surface area contributed by atoms with Crippen molar-refractivity contribution >= 4 is 23.4 Å². The van der Waals surface area contributed by atoms with Crippen LogP contribution in [0.3, 0.4) is 0 Å². The van der Waals surface area contributed by atoms with Crippen molar-refractivity contribution in [1.29, 1.82) is 0 Å². The van der Waals surface area contributed by atoms with E-state index in [0.29, 0.717) is 5.02 Å². The zero-order valence-corrected chi connectivity index (χ0v) is 12.9. The van der Waals surface area contributed by atoms with Gasteiger partial charge in [-0.1, -0.05) is 41.9 Å². The monoisotopic (exact) mass is 310 g/mol. The largest absolute Gasteiger partial charge is 0.496 e. The number of ether oxygens (including phenoxy) is 1. The van der Waals surface area contributed by atoms with E-state index in [4.69, 9.17) is 20.8 Å². The summed E-state index contributed by atoms with van der Waals surface area (Å²) in [5, 5.41) is 0.709. The summed E-state index contributed by atoms with van der Waals surface area (Å²) in [7, 11) is 1.65. The molecule has 0 saturated carbocycles. The maximum Gasteiger partial charge on any atom is 0.134 e. The van der Waals surface area contributed by atoms with E-state index in [-0.39, 0.29) is 0 Å². The Kier molecular flexibility index (Phi) is 4.31. The van der Waals surface area contributed by atoms with E-state index in [1.165, 1.54) is 0 Å². The van der Waals surface area contributed by atoms with Crippen LogP contribution in [0.1, 0.15) is 11.3 Å². The van der Waals surface area contributed by atoms with Crippen molar-refractivity contribution in [2.75, 3.05) is 7.11 Å². The van der Waals surface area contributed by atoms with Gasteiger partial charge in [-0.05, 0) is 36.4 Å². The molecule has 3 rings (SSSR count). The second-order valence-corrected chi connectivity index (χ2v) is 5.22. The molecule has 22 heavy (non-hydrogen) atoms. The zero-order chi connectivity index (χ0) is 15.4. The minimum Gasteiger partial charge on any atom is -0.496 e. The van der Waals surface area contributed by atoms with Crippen LogP contribution in [0.2, 0.25) is 5.02 Å². The molecular weight excluding hydrogens is 296 g/mol. The molecule has 0 N–H and O–H groups in total. The third-order valence-electron chi connectivity index (χ3n) is 3.31. The first-order valence-electron chi connectivity index (χ1n) is 6.93. The average molecular weight is 311 g/mol. The molecule has 0 spiro atoms. The van der Waals surface area contributed by atoms with Crippen LogP contribution >= 0.6 is 11.6 Å². The Hall–Kier alpha value is -2.45. The van der Waals surface area contributed by atoms with Crippen LogP contribution in [0.25, 0.3) is 23.2 Å². The lowest BCUT2D eigenvalue weighted by Gasteiger charge is -2.05. The lowest BCUT2D eigenvalue weighted by atomic mass is 10.1. The smallest absolute Gasteiger partial charge is 0.134 e. The van der Waals surface area contributed by atoms with Gasteiger partial charge in [-0.15, -0.1) is 0 Å². The van der Waals surface area contributed by atoms with Crippen LogP contribution in [-0.2, 0) is 4.74 Å². The standard InChI is InChI=1S/C19H15ClO2/c1-21-19(14-5-3-2-4-6-14)13-17-11-12-18(22-17)15-7-9-16(20)10-8-15/h2-13H,1H3. The number of hydrogen-bond donors (Lipinski definition) is 0. The molecule has 0 amide bonds. The molecule has 0 aliphatic carbocycles. The number of halogens is 1. The SMILES string of the molecule is COC(=Cc1ccc(-c2ccc(Cl)cc2)o1)c1ccccc1. The Bertz CT molecular complexity index is 771. The highest BCUT2D eigenvalue weighted by Gasteiger charge is 2.06. The van der Waals surface area contributed by atoms with Crippen molar-refractivity contribution < 1.29 is 9.15 Å². The predicted octanol–water partition coefficient (Wildman–Crippen LogP) is 5.74. The van der Waals surface area contributed by atoms with Crippen LogP contribution in [0, 0.1) is 0 Å². The van der Waals surface area contributed by atoms with E-state index in [0.717, 1.165) is 28.4 Å². The Balaban J connectivity index is 1.90. The van der Waals surface area contributed by atoms with Gasteiger partial charge in [0.25, 0.3) is 0 Å². The number of methoxy groups -OCH3 is 1. The summed E-state index contributed by atoms with van der Waals surface area (Å²) in [5.41, 5.74) is 2.00. The Morgan fingerprint density at radius 1 is 0.955 bits per heavy atom. The molecule has 1 heterocycles. The van der Waals surface area contributed by atoms with Crippen molar-refractivity contribution in [3.63, 3.8) is 0 Å². The predicted molar refractivity (Wildman–Crippen MR) is 90.5 cm³/mol. The van der Waals surface area contributed by atoms with Gasteiger partial charge in [0.1, 0.15) is 17.3 Å². The van der Waals surface area contributed by atoms with Crippen LogP contribution in [0.4, 0.5) is 0 Å². The number of rotatable bonds is 4. The van der Waals surface area contributed by atoms with Gasteiger partial charge in [-0.25, -0.2) is 0 Å². The molecular formula is C19H15ClO2. The molecule has 2 nitrogen and oxygen atoms in total. The van der Waals surface area contributed by atoms with E-state index >= 15 is 0 Å². The van der Waals surface area contributed by atoms with Crippen LogP contribution in [0.5, 0.6) is 0 Å². The van der Waals surface area contributed by atoms with Gasteiger partial charge >= 0.3 is 0 Å². The molecule has 2 aromatic carbocycles. The van der Waals surface area contributed by atoms with Gasteiger partial charge in [0, 0.05) is 22.2 Å². The van der Waals surface area contributed by atoms with E-state index in [2.05, 4.69) is 0 Å². The highest BCUT2D eigenvalue weighted by atomic mass is 35.5. The lowest BCUT2D eigenvalue weighted by molar-refractivity contribution is 0.372. The fourth-order valence-electron chi connectivity index (χ4n) is 2.19. The van der Waals surface area contributed by atoms with Gasteiger partial charge in [0.2, 0.25) is 0 Å². The summed E-state index contributed by atoms with van der Waals surface area (Å²) in [5.74, 6) is 2.30. The minimum absolute atomic E-state index is 0.709. The highest BCUT2D eigenvalue weighted by Crippen LogP contribution is 2.26. The van der Waals surface area contributed by atoms with E-state index < -0.39 is 0 Å². The topological polar surface area (TPSA) is 22.4 Å². The molecule has 0 bridgehead atoms. The summed E-state index contributed by atoms with van der Waals surface area (Å²) in [6.45, 7) is 0. The summed E-state index contributed by atoms with van der Waals surface area (Å²) in [6.07, 6.45) is 1.88. The summed E-state index contributed by atoms with van der Waals surface area (Å²) in [4.78, 5) is 0. The Morgan fingerprint density at radius 3 is 2.36 bits per heavy atom. The van der Waals surface area contributed by atoms with Gasteiger partial charge in [0.15, 0.2) is 0 Å². The molecule has 0 radical (unpaired) electrons. The minimum atomic E-state index is 0.709. The van der Waals surface area contributed by atoms with Crippen molar-refractivity contribution in [2.45, 2.75) is 0 Å². The van der Waals surface area contributed by atoms with Gasteiger partial charge in [-0.2, -0.15) is 0 Å². The van der Waals surface area contributed by atoms with Gasteiger partial charge in [0.05, 0.1) is 7.11 Å². The Morgan fingerprint density at radius 2 is 1.68 bits per heavy atom. The fraction of sp³-hybridized carbons (Fsp3) is 0.0526. The Labute approximate surface area is 134 Å². The molecule has 0 atom stereocenters. The van der Waals surface area contributed by atoms with E-state index in [9.17, 15) is 0 Å². The maximum atomic E-state index is 5.90. The summed E-state index contributed by atoms with van der Waals surface area (Å²) in [6, 6.07) is 21.3. The van der Waals surface area contributed by atoms with Gasteiger partial charge < -0.3 is 9.15 Å². The number of furan rings is 1. The fourth-order valence-corrected chi connectivity index (χ4v) is 2.32. The van der Waals surface area contributed by atoms with Crippen molar-refractivity contribution in [3.05, 3.63) is 83.1 Å². The first-order chi connectivity index (χ1) is 10.8. The molecule has 3 heteroatoms. The third kappa shape index (κ3) is 3.23. The van der Waals surface area contributed by atoms with Crippen LogP contribution in [0.15, 0.2) is 71.1 Å². The molecule has 0 unspecified atom stereocenters. The highest BCUT2D eigenvalue weighted by molar-refractivity contribution is 6.30. The summed E-state index contributed by atoms with van der Waals surface area (Å²) >= 11 is 5.90. The second-order valence-electron chi connectivity index (χ2n) is 4.79. The normalized spacial score (nSPS) is 11.5. The lowest BCUT2D eigenvalue weighted by Crippen LogP contribution is -1.86. The summed E-state index contributed by atoms with van der Waals surface area (Å²) < 4.78 is 11.3. The molecule has 110 valence electrons. The van der Waals surface area contributed by atoms with Crippen LogP contribution in [-0.4, -0.2) is 7.11 Å². The van der Waals surface area contributed by atoms with Crippen LogP contribution < -0.4 is 0 Å². The molecule has 0 saturated heterocycles. The van der Waals surface area contributed by atoms with Crippen molar-refractivity contribution in [2.24, 2.45) is 0 Å². The third-order valence-corrected chi connectivity index (χ3v) is 3.56. The van der Waals surface area contributed by atoms with Gasteiger partial charge in [-0.3, -0.25) is 0 Å². The van der Waals surface area contributed by atoms with E-state index in [1.807, 2.05) is 72.8 Å². The quantitative estimate of drug-likeness (QED) is 0.573. The molecule has 3 aromatic rings. The number of benzene rings is 2. The molecule has 0 fully saturated rings. The molecule has 1 aromatic heterocycles. The first kappa shape index (κ1) is 14.5. The van der Waals surface area contributed by atoms with Crippen molar-refractivity contribution in [3.8, 4) is 11.3 Å².